The maximum atomic E-state index is 11.5. The van der Waals surface area contributed by atoms with Gasteiger partial charge in [-0.1, -0.05) is 18.2 Å². The van der Waals surface area contributed by atoms with E-state index in [9.17, 15) is 4.79 Å². The highest BCUT2D eigenvalue weighted by atomic mass is 16.5. The summed E-state index contributed by atoms with van der Waals surface area (Å²) >= 11 is 0. The molecule has 94 valence electrons. The number of carbonyl (C=O) groups is 1. The molecule has 0 aromatic heterocycles. The number of hydrogen-bond donors (Lipinski definition) is 1. The van der Waals surface area contributed by atoms with E-state index in [0.29, 0.717) is 13.2 Å². The average molecular weight is 236 g/mol. The van der Waals surface area contributed by atoms with E-state index in [1.165, 1.54) is 0 Å². The van der Waals surface area contributed by atoms with Crippen LogP contribution in [-0.4, -0.2) is 31.7 Å². The van der Waals surface area contributed by atoms with Crippen molar-refractivity contribution in [1.29, 1.82) is 0 Å². The van der Waals surface area contributed by atoms with E-state index in [-0.39, 0.29) is 5.97 Å². The van der Waals surface area contributed by atoms with Crippen LogP contribution in [0.4, 0.5) is 5.69 Å². The molecule has 1 rings (SSSR count). The quantitative estimate of drug-likeness (QED) is 0.759. The molecular formula is C13H20N2O2. The first-order valence-corrected chi connectivity index (χ1v) is 5.91. The van der Waals surface area contributed by atoms with Gasteiger partial charge in [-0.05, 0) is 26.0 Å². The number of likely N-dealkylation sites (N-methyl/N-ethyl adjacent to an activating group) is 1. The highest BCUT2D eigenvalue weighted by molar-refractivity contribution is 5.76. The Morgan fingerprint density at radius 2 is 2.00 bits per heavy atom. The summed E-state index contributed by atoms with van der Waals surface area (Å²) in [5, 5.41) is 0. The average Bonchev–Trinajstić information content (AvgIpc) is 2.37. The molecule has 0 bridgehead atoms. The molecule has 1 unspecified atom stereocenters. The lowest BCUT2D eigenvalue weighted by molar-refractivity contribution is -0.144. The van der Waals surface area contributed by atoms with Gasteiger partial charge in [0.05, 0.1) is 6.61 Å². The fraction of sp³-hybridized carbons (Fsp3) is 0.462. The third-order valence-corrected chi connectivity index (χ3v) is 2.51. The van der Waals surface area contributed by atoms with Gasteiger partial charge in [-0.2, -0.15) is 0 Å². The first-order valence-electron chi connectivity index (χ1n) is 5.91. The summed E-state index contributed by atoms with van der Waals surface area (Å²) in [5.41, 5.74) is 6.87. The SMILES string of the molecule is CCOC(=O)C(N)CN(CC)c1ccccc1. The monoisotopic (exact) mass is 236 g/mol. The van der Waals surface area contributed by atoms with Crippen LogP contribution < -0.4 is 10.6 Å². The fourth-order valence-corrected chi connectivity index (χ4v) is 1.62. The molecule has 0 aliphatic carbocycles. The van der Waals surface area contributed by atoms with Crippen LogP contribution in [0.25, 0.3) is 0 Å². The third-order valence-electron chi connectivity index (χ3n) is 2.51. The molecule has 17 heavy (non-hydrogen) atoms. The van der Waals surface area contributed by atoms with Gasteiger partial charge in [-0.3, -0.25) is 4.79 Å². The van der Waals surface area contributed by atoms with E-state index in [2.05, 4.69) is 4.90 Å². The Bertz CT molecular complexity index is 341. The molecule has 4 heteroatoms. The predicted octanol–water partition coefficient (Wildman–Crippen LogP) is 1.40. The number of para-hydroxylation sites is 1. The second kappa shape index (κ2) is 6.91. The summed E-state index contributed by atoms with van der Waals surface area (Å²) in [6.45, 7) is 5.45. The van der Waals surface area contributed by atoms with Crippen LogP contribution in [0.2, 0.25) is 0 Å². The number of nitrogens with two attached hydrogens (primary N) is 1. The van der Waals surface area contributed by atoms with E-state index in [0.717, 1.165) is 12.2 Å². The summed E-state index contributed by atoms with van der Waals surface area (Å²) in [5.74, 6) is -0.345. The maximum Gasteiger partial charge on any atom is 0.324 e. The zero-order valence-corrected chi connectivity index (χ0v) is 10.4. The molecule has 0 saturated carbocycles. The van der Waals surface area contributed by atoms with Crippen molar-refractivity contribution in [3.8, 4) is 0 Å². The van der Waals surface area contributed by atoms with Gasteiger partial charge >= 0.3 is 5.97 Å². The minimum absolute atomic E-state index is 0.345. The van der Waals surface area contributed by atoms with Crippen molar-refractivity contribution in [2.24, 2.45) is 5.73 Å². The molecule has 0 fully saturated rings. The molecule has 0 aliphatic heterocycles. The predicted molar refractivity (Wildman–Crippen MR) is 68.9 cm³/mol. The van der Waals surface area contributed by atoms with Crippen molar-refractivity contribution in [1.82, 2.24) is 0 Å². The summed E-state index contributed by atoms with van der Waals surface area (Å²) < 4.78 is 4.89. The number of carbonyl (C=O) groups excluding carboxylic acids is 1. The van der Waals surface area contributed by atoms with E-state index in [4.69, 9.17) is 10.5 Å². The van der Waals surface area contributed by atoms with Crippen molar-refractivity contribution in [2.75, 3.05) is 24.6 Å². The number of nitrogens with zero attached hydrogens (tertiary/aromatic N) is 1. The number of anilines is 1. The molecule has 0 heterocycles. The van der Waals surface area contributed by atoms with Gasteiger partial charge in [0.1, 0.15) is 6.04 Å². The minimum atomic E-state index is -0.602. The van der Waals surface area contributed by atoms with Crippen molar-refractivity contribution in [2.45, 2.75) is 19.9 Å². The van der Waals surface area contributed by atoms with Crippen LogP contribution in [0.5, 0.6) is 0 Å². The van der Waals surface area contributed by atoms with E-state index in [1.54, 1.807) is 6.92 Å². The summed E-state index contributed by atoms with van der Waals surface area (Å²) in [6, 6.07) is 9.29. The second-order valence-electron chi connectivity index (χ2n) is 3.73. The smallest absolute Gasteiger partial charge is 0.324 e. The molecule has 0 spiro atoms. The lowest BCUT2D eigenvalue weighted by Gasteiger charge is -2.25. The highest BCUT2D eigenvalue weighted by Gasteiger charge is 2.17. The van der Waals surface area contributed by atoms with Gasteiger partial charge < -0.3 is 15.4 Å². The van der Waals surface area contributed by atoms with Crippen molar-refractivity contribution < 1.29 is 9.53 Å². The van der Waals surface area contributed by atoms with Gasteiger partial charge in [-0.25, -0.2) is 0 Å². The van der Waals surface area contributed by atoms with Gasteiger partial charge in [0.15, 0.2) is 0 Å². The number of hydrogen-bond acceptors (Lipinski definition) is 4. The molecule has 2 N–H and O–H groups in total. The maximum absolute atomic E-state index is 11.5. The summed E-state index contributed by atoms with van der Waals surface area (Å²) in [7, 11) is 0. The highest BCUT2D eigenvalue weighted by Crippen LogP contribution is 2.12. The first kappa shape index (κ1) is 13.5. The van der Waals surface area contributed by atoms with Gasteiger partial charge in [0.2, 0.25) is 0 Å². The van der Waals surface area contributed by atoms with E-state index >= 15 is 0 Å². The first-order chi connectivity index (χ1) is 8.19. The summed E-state index contributed by atoms with van der Waals surface area (Å²) in [4.78, 5) is 13.5. The molecule has 0 amide bonds. The van der Waals surface area contributed by atoms with Crippen molar-refractivity contribution >= 4 is 11.7 Å². The van der Waals surface area contributed by atoms with Crippen LogP contribution in [0.15, 0.2) is 30.3 Å². The molecule has 1 aromatic rings. The Labute approximate surface area is 102 Å². The van der Waals surface area contributed by atoms with Crippen molar-refractivity contribution in [3.63, 3.8) is 0 Å². The summed E-state index contributed by atoms with van der Waals surface area (Å²) in [6.07, 6.45) is 0. The van der Waals surface area contributed by atoms with Crippen LogP contribution in [-0.2, 0) is 9.53 Å². The number of ether oxygens (including phenoxy) is 1. The molecule has 4 nitrogen and oxygen atoms in total. The van der Waals surface area contributed by atoms with Gasteiger partial charge in [0, 0.05) is 18.8 Å². The molecule has 0 aliphatic rings. The fourth-order valence-electron chi connectivity index (χ4n) is 1.62. The largest absolute Gasteiger partial charge is 0.465 e. The molecule has 1 atom stereocenters. The van der Waals surface area contributed by atoms with Gasteiger partial charge in [0.25, 0.3) is 0 Å². The zero-order valence-electron chi connectivity index (χ0n) is 10.4. The Morgan fingerprint density at radius 3 is 2.53 bits per heavy atom. The molecular weight excluding hydrogens is 216 g/mol. The number of esters is 1. The lowest BCUT2D eigenvalue weighted by atomic mass is 10.2. The van der Waals surface area contributed by atoms with Gasteiger partial charge in [-0.15, -0.1) is 0 Å². The molecule has 0 radical (unpaired) electrons. The normalized spacial score (nSPS) is 11.9. The Kier molecular flexibility index (Phi) is 5.49. The minimum Gasteiger partial charge on any atom is -0.465 e. The lowest BCUT2D eigenvalue weighted by Crippen LogP contribution is -2.43. The van der Waals surface area contributed by atoms with E-state index in [1.807, 2.05) is 37.3 Å². The topological polar surface area (TPSA) is 55.6 Å². The number of benzene rings is 1. The van der Waals surface area contributed by atoms with Crippen LogP contribution in [0.1, 0.15) is 13.8 Å². The third kappa shape index (κ3) is 4.07. The molecule has 1 aromatic carbocycles. The Morgan fingerprint density at radius 1 is 1.35 bits per heavy atom. The Balaban J connectivity index is 2.61. The van der Waals surface area contributed by atoms with Crippen molar-refractivity contribution in [3.05, 3.63) is 30.3 Å². The van der Waals surface area contributed by atoms with Crippen LogP contribution in [0, 0.1) is 0 Å². The van der Waals surface area contributed by atoms with Crippen LogP contribution >= 0.6 is 0 Å². The standard InChI is InChI=1S/C13H20N2O2/c1-3-15(11-8-6-5-7-9-11)10-12(14)13(16)17-4-2/h5-9,12H,3-4,10,14H2,1-2H3. The van der Waals surface area contributed by atoms with Crippen LogP contribution in [0.3, 0.4) is 0 Å². The number of rotatable bonds is 6. The molecule has 0 saturated heterocycles. The Hall–Kier alpha value is -1.55. The second-order valence-corrected chi connectivity index (χ2v) is 3.73. The van der Waals surface area contributed by atoms with E-state index < -0.39 is 6.04 Å². The zero-order chi connectivity index (χ0) is 12.7.